The lowest BCUT2D eigenvalue weighted by Gasteiger charge is -2.33. The van der Waals surface area contributed by atoms with Gasteiger partial charge in [0.05, 0.1) is 23.6 Å². The Kier molecular flexibility index (Phi) is 7.88. The highest BCUT2D eigenvalue weighted by atomic mass is 32.2. The van der Waals surface area contributed by atoms with Crippen LogP contribution in [0.4, 0.5) is 5.82 Å². The van der Waals surface area contributed by atoms with Gasteiger partial charge in [0.1, 0.15) is 11.9 Å². The second kappa shape index (κ2) is 11.1. The molecule has 2 aromatic rings. The zero-order chi connectivity index (χ0) is 26.6. The van der Waals surface area contributed by atoms with Crippen LogP contribution in [0.5, 0.6) is 0 Å². The molecule has 1 aromatic carbocycles. The molecule has 0 unspecified atom stereocenters. The van der Waals surface area contributed by atoms with E-state index in [1.807, 2.05) is 4.90 Å². The number of amides is 2. The van der Waals surface area contributed by atoms with Crippen molar-refractivity contribution in [3.8, 4) is 6.07 Å². The molecule has 11 heteroatoms. The summed E-state index contributed by atoms with van der Waals surface area (Å²) in [5.74, 6) is -1.13. The van der Waals surface area contributed by atoms with E-state index in [1.54, 1.807) is 35.2 Å². The van der Waals surface area contributed by atoms with Gasteiger partial charge in [0, 0.05) is 37.5 Å². The fourth-order valence-corrected chi connectivity index (χ4v) is 5.94. The van der Waals surface area contributed by atoms with Crippen LogP contribution in [0.25, 0.3) is 0 Å². The van der Waals surface area contributed by atoms with Crippen molar-refractivity contribution in [3.63, 3.8) is 0 Å². The van der Waals surface area contributed by atoms with Gasteiger partial charge < -0.3 is 9.80 Å². The van der Waals surface area contributed by atoms with Gasteiger partial charge in [-0.05, 0) is 37.8 Å². The number of likely N-dealkylation sites (tertiary alicyclic amines) is 1. The first-order valence-corrected chi connectivity index (χ1v) is 13.9. The number of carbonyl (C=O) groups is 3. The van der Waals surface area contributed by atoms with Gasteiger partial charge >= 0.3 is 0 Å². The predicted molar refractivity (Wildman–Crippen MR) is 136 cm³/mol. The maximum atomic E-state index is 12.7. The number of benzene rings is 1. The highest BCUT2D eigenvalue weighted by Gasteiger charge is 2.30. The Balaban J connectivity index is 1.45. The van der Waals surface area contributed by atoms with Crippen LogP contribution < -0.4 is 9.62 Å². The summed E-state index contributed by atoms with van der Waals surface area (Å²) in [6.45, 7) is 2.98. The molecule has 1 aromatic heterocycles. The minimum Gasteiger partial charge on any atom is -0.355 e. The number of hydrogen-bond acceptors (Lipinski definition) is 8. The molecule has 4 rings (SSSR count). The number of piperidine rings is 1. The van der Waals surface area contributed by atoms with E-state index in [-0.39, 0.29) is 29.6 Å². The molecule has 1 N–H and O–H groups in total. The zero-order valence-electron chi connectivity index (χ0n) is 20.6. The summed E-state index contributed by atoms with van der Waals surface area (Å²) in [4.78, 5) is 45.3. The molecule has 2 aliphatic rings. The molecule has 0 spiro atoms. The molecule has 194 valence electrons. The van der Waals surface area contributed by atoms with Gasteiger partial charge in [0.2, 0.25) is 21.8 Å². The van der Waals surface area contributed by atoms with E-state index in [4.69, 9.17) is 0 Å². The summed E-state index contributed by atoms with van der Waals surface area (Å²) < 4.78 is 27.1. The Bertz CT molecular complexity index is 1350. The molecule has 3 heterocycles. The number of pyridine rings is 1. The zero-order valence-corrected chi connectivity index (χ0v) is 21.5. The summed E-state index contributed by atoms with van der Waals surface area (Å²) in [5.41, 5.74) is 1.60. The summed E-state index contributed by atoms with van der Waals surface area (Å²) in [6.07, 6.45) is 1.99. The number of sulfonamides is 1. The van der Waals surface area contributed by atoms with Gasteiger partial charge in [0.15, 0.2) is 5.78 Å². The fraction of sp³-hybridized carbons (Fsp3) is 0.423. The summed E-state index contributed by atoms with van der Waals surface area (Å²) >= 11 is 0. The van der Waals surface area contributed by atoms with E-state index in [9.17, 15) is 28.1 Å². The third-order valence-corrected chi connectivity index (χ3v) is 7.94. The van der Waals surface area contributed by atoms with Gasteiger partial charge in [-0.25, -0.2) is 13.4 Å². The first-order chi connectivity index (χ1) is 17.7. The number of rotatable bonds is 8. The topological polar surface area (TPSA) is 141 Å². The van der Waals surface area contributed by atoms with Crippen LogP contribution in [-0.4, -0.2) is 55.5 Å². The normalized spacial score (nSPS) is 16.5. The fourth-order valence-electron chi connectivity index (χ4n) is 4.76. The van der Waals surface area contributed by atoms with Crippen molar-refractivity contribution in [2.45, 2.75) is 44.9 Å². The summed E-state index contributed by atoms with van der Waals surface area (Å²) in [5, 5.41) is 9.74. The smallest absolute Gasteiger partial charge is 0.239 e. The summed E-state index contributed by atoms with van der Waals surface area (Å²) in [7, 11) is -3.83. The van der Waals surface area contributed by atoms with E-state index in [0.717, 1.165) is 6.42 Å². The first kappa shape index (κ1) is 26.3. The van der Waals surface area contributed by atoms with Crippen LogP contribution in [0.15, 0.2) is 36.4 Å². The number of nitrogens with zero attached hydrogens (tertiary/aromatic N) is 4. The number of Topliss-reactive ketones (excluding diaryl/α,β-unsaturated/α-hetero) is 1. The predicted octanol–water partition coefficient (Wildman–Crippen LogP) is 2.14. The minimum atomic E-state index is -3.83. The van der Waals surface area contributed by atoms with Gasteiger partial charge in [-0.15, -0.1) is 0 Å². The van der Waals surface area contributed by atoms with Crippen LogP contribution in [-0.2, 0) is 31.9 Å². The Morgan fingerprint density at radius 3 is 2.46 bits per heavy atom. The van der Waals surface area contributed by atoms with Crippen molar-refractivity contribution in [2.24, 2.45) is 5.92 Å². The van der Waals surface area contributed by atoms with Crippen molar-refractivity contribution in [2.75, 3.05) is 24.5 Å². The molecule has 37 heavy (non-hydrogen) atoms. The molecule has 10 nitrogen and oxygen atoms in total. The second-order valence-electron chi connectivity index (χ2n) is 9.41. The van der Waals surface area contributed by atoms with E-state index in [2.05, 4.69) is 15.8 Å². The number of aromatic nitrogens is 1. The second-order valence-corrected chi connectivity index (χ2v) is 11.1. The molecular formula is C26H29N5O5S. The molecule has 2 amide bonds. The Hall–Kier alpha value is -3.78. The molecule has 2 fully saturated rings. The van der Waals surface area contributed by atoms with Crippen LogP contribution >= 0.6 is 0 Å². The van der Waals surface area contributed by atoms with Crippen molar-refractivity contribution in [1.29, 1.82) is 5.26 Å². The molecule has 0 atom stereocenters. The van der Waals surface area contributed by atoms with Gasteiger partial charge in [-0.3, -0.25) is 19.1 Å². The van der Waals surface area contributed by atoms with E-state index < -0.39 is 21.8 Å². The quantitative estimate of drug-likeness (QED) is 0.519. The SMILES string of the molecule is CC(=O)c1cc(C#N)c(N2CCC(C(=O)NS(=O)(=O)Cc3ccccc3)CC2)nc1CN1CCCC1=O. The van der Waals surface area contributed by atoms with Crippen molar-refractivity contribution < 1.29 is 22.8 Å². The van der Waals surface area contributed by atoms with Crippen LogP contribution in [0.2, 0.25) is 0 Å². The molecule has 0 saturated carbocycles. The molecule has 0 bridgehead atoms. The monoisotopic (exact) mass is 523 g/mol. The first-order valence-electron chi connectivity index (χ1n) is 12.2. The lowest BCUT2D eigenvalue weighted by molar-refractivity contribution is -0.128. The Morgan fingerprint density at radius 2 is 1.86 bits per heavy atom. The number of hydrogen-bond donors (Lipinski definition) is 1. The number of ketones is 1. The Labute approximate surface area is 216 Å². The molecule has 0 aliphatic carbocycles. The number of anilines is 1. The number of nitrogens with one attached hydrogen (secondary N) is 1. The standard InChI is InChI=1S/C26H29N5O5S/c1-18(32)22-14-21(15-27)25(28-23(22)16-31-11-5-8-24(31)33)30-12-9-20(10-13-30)26(34)29-37(35,36)17-19-6-3-2-4-7-19/h2-4,6-7,14,20H,5,8-13,16-17H2,1H3,(H,29,34). The van der Waals surface area contributed by atoms with Crippen LogP contribution in [0.1, 0.15) is 59.8 Å². The number of carbonyl (C=O) groups excluding carboxylic acids is 3. The van der Waals surface area contributed by atoms with Gasteiger partial charge in [0.25, 0.3) is 0 Å². The Morgan fingerprint density at radius 1 is 1.16 bits per heavy atom. The highest BCUT2D eigenvalue weighted by molar-refractivity contribution is 7.89. The highest BCUT2D eigenvalue weighted by Crippen LogP contribution is 2.28. The molecule has 0 radical (unpaired) electrons. The maximum Gasteiger partial charge on any atom is 0.239 e. The van der Waals surface area contributed by atoms with E-state index in [1.165, 1.54) is 13.0 Å². The molecule has 2 saturated heterocycles. The van der Waals surface area contributed by atoms with Crippen molar-refractivity contribution >= 4 is 33.4 Å². The third kappa shape index (κ3) is 6.32. The van der Waals surface area contributed by atoms with Crippen LogP contribution in [0.3, 0.4) is 0 Å². The van der Waals surface area contributed by atoms with Crippen LogP contribution in [0, 0.1) is 17.2 Å². The largest absolute Gasteiger partial charge is 0.355 e. The van der Waals surface area contributed by atoms with Gasteiger partial charge in [-0.1, -0.05) is 30.3 Å². The summed E-state index contributed by atoms with van der Waals surface area (Å²) in [6, 6.07) is 12.3. The minimum absolute atomic E-state index is 0.0104. The molecule has 2 aliphatic heterocycles. The van der Waals surface area contributed by atoms with Crippen molar-refractivity contribution in [3.05, 3.63) is 58.8 Å². The maximum absolute atomic E-state index is 12.7. The molecular weight excluding hydrogens is 494 g/mol. The lowest BCUT2D eigenvalue weighted by Crippen LogP contribution is -2.43. The third-order valence-electron chi connectivity index (χ3n) is 6.71. The average Bonchev–Trinajstić information content (AvgIpc) is 3.27. The lowest BCUT2D eigenvalue weighted by atomic mass is 9.96. The van der Waals surface area contributed by atoms with E-state index >= 15 is 0 Å². The van der Waals surface area contributed by atoms with Gasteiger partial charge in [-0.2, -0.15) is 5.26 Å². The van der Waals surface area contributed by atoms with E-state index in [0.29, 0.717) is 61.5 Å². The average molecular weight is 524 g/mol. The number of nitriles is 1. The van der Waals surface area contributed by atoms with Crippen molar-refractivity contribution in [1.82, 2.24) is 14.6 Å².